The molecule has 0 aliphatic carbocycles. The smallest absolute Gasteiger partial charge is 0.204 e. The van der Waals surface area contributed by atoms with Crippen LogP contribution < -0.4 is 14.9 Å². The molecule has 0 amide bonds. The van der Waals surface area contributed by atoms with Gasteiger partial charge >= 0.3 is 0 Å². The van der Waals surface area contributed by atoms with Crippen molar-refractivity contribution in [3.8, 4) is 17.2 Å². The van der Waals surface area contributed by atoms with Crippen LogP contribution in [0.15, 0.2) is 71.8 Å². The lowest BCUT2D eigenvalue weighted by Crippen LogP contribution is -1.90. The molecule has 3 aromatic carbocycles. The zero-order chi connectivity index (χ0) is 19.3. The van der Waals surface area contributed by atoms with Gasteiger partial charge in [0.2, 0.25) is 5.13 Å². The van der Waals surface area contributed by atoms with Crippen molar-refractivity contribution >= 4 is 44.5 Å². The summed E-state index contributed by atoms with van der Waals surface area (Å²) < 4.78 is 12.1. The van der Waals surface area contributed by atoms with Gasteiger partial charge in [-0.3, -0.25) is 5.43 Å². The molecular weight excluding hydrogens is 394 g/mol. The third kappa shape index (κ3) is 4.24. The summed E-state index contributed by atoms with van der Waals surface area (Å²) in [5.41, 5.74) is 4.81. The summed E-state index contributed by atoms with van der Waals surface area (Å²) in [4.78, 5) is 4.49. The minimum absolute atomic E-state index is 0.575. The number of nitrogens with zero attached hydrogens (tertiary/aromatic N) is 2. The molecule has 0 fully saturated rings. The molecule has 1 N–H and O–H groups in total. The van der Waals surface area contributed by atoms with Crippen molar-refractivity contribution in [2.45, 2.75) is 0 Å². The van der Waals surface area contributed by atoms with Gasteiger partial charge in [0.05, 0.1) is 28.6 Å². The zero-order valence-corrected chi connectivity index (χ0v) is 16.5. The molecule has 1 aromatic heterocycles. The molecule has 4 aromatic rings. The minimum Gasteiger partial charge on any atom is -0.497 e. The predicted octanol–water partition coefficient (Wildman–Crippen LogP) is 6.20. The Morgan fingerprint density at radius 3 is 2.61 bits per heavy atom. The standard InChI is InChI=1S/C21H16ClN3O2S/c1-26-16-10-11-18-20(12-16)28-21(24-18)25-23-13-14-6-8-15(9-7-14)27-19-5-3-2-4-17(19)22/h2-13H,1H3,(H,24,25)/b23-13-. The van der Waals surface area contributed by atoms with Crippen molar-refractivity contribution in [1.29, 1.82) is 0 Å². The third-order valence-electron chi connectivity index (χ3n) is 3.91. The maximum absolute atomic E-state index is 6.11. The fourth-order valence-electron chi connectivity index (χ4n) is 2.52. The normalized spacial score (nSPS) is 11.1. The first-order valence-corrected chi connectivity index (χ1v) is 9.67. The maximum Gasteiger partial charge on any atom is 0.204 e. The average molecular weight is 410 g/mol. The number of rotatable bonds is 6. The van der Waals surface area contributed by atoms with Crippen LogP contribution in [0.1, 0.15) is 5.56 Å². The van der Waals surface area contributed by atoms with Gasteiger partial charge in [-0.1, -0.05) is 35.1 Å². The fraction of sp³-hybridized carbons (Fsp3) is 0.0476. The first kappa shape index (κ1) is 18.3. The highest BCUT2D eigenvalue weighted by Gasteiger charge is 2.04. The van der Waals surface area contributed by atoms with E-state index in [4.69, 9.17) is 21.1 Å². The lowest BCUT2D eigenvalue weighted by molar-refractivity contribution is 0.415. The number of hydrogen-bond acceptors (Lipinski definition) is 6. The van der Waals surface area contributed by atoms with Crippen molar-refractivity contribution in [2.24, 2.45) is 5.10 Å². The number of hydrogen-bond donors (Lipinski definition) is 1. The van der Waals surface area contributed by atoms with Crippen molar-refractivity contribution in [1.82, 2.24) is 4.98 Å². The van der Waals surface area contributed by atoms with E-state index in [0.29, 0.717) is 16.5 Å². The second-order valence-corrected chi connectivity index (χ2v) is 7.26. The van der Waals surface area contributed by atoms with Crippen molar-refractivity contribution in [2.75, 3.05) is 12.5 Å². The summed E-state index contributed by atoms with van der Waals surface area (Å²) in [6.07, 6.45) is 1.73. The van der Waals surface area contributed by atoms with Gasteiger partial charge in [-0.2, -0.15) is 5.10 Å². The van der Waals surface area contributed by atoms with Crippen LogP contribution in [0.5, 0.6) is 17.2 Å². The summed E-state index contributed by atoms with van der Waals surface area (Å²) >= 11 is 7.63. The summed E-state index contributed by atoms with van der Waals surface area (Å²) in [5, 5.41) is 5.55. The number of thiazole rings is 1. The van der Waals surface area contributed by atoms with E-state index >= 15 is 0 Å². The molecule has 7 heteroatoms. The highest BCUT2D eigenvalue weighted by Crippen LogP contribution is 2.30. The Bertz CT molecular complexity index is 1130. The first-order valence-electron chi connectivity index (χ1n) is 8.47. The van der Waals surface area contributed by atoms with E-state index in [2.05, 4.69) is 15.5 Å². The Labute approximate surface area is 171 Å². The number of nitrogens with one attached hydrogen (secondary N) is 1. The van der Waals surface area contributed by atoms with Crippen LogP contribution in [-0.2, 0) is 0 Å². The van der Waals surface area contributed by atoms with Crippen molar-refractivity contribution < 1.29 is 9.47 Å². The van der Waals surface area contributed by atoms with Gasteiger partial charge < -0.3 is 9.47 Å². The number of halogens is 1. The van der Waals surface area contributed by atoms with Gasteiger partial charge in [0.25, 0.3) is 0 Å². The number of methoxy groups -OCH3 is 1. The Morgan fingerprint density at radius 2 is 1.82 bits per heavy atom. The molecule has 0 saturated carbocycles. The van der Waals surface area contributed by atoms with Crippen LogP contribution in [0, 0.1) is 0 Å². The molecule has 0 spiro atoms. The van der Waals surface area contributed by atoms with Gasteiger partial charge in [0, 0.05) is 0 Å². The Balaban J connectivity index is 1.40. The van der Waals surface area contributed by atoms with Crippen LogP contribution in [0.3, 0.4) is 0 Å². The van der Waals surface area contributed by atoms with Crippen LogP contribution in [0.2, 0.25) is 5.02 Å². The lowest BCUT2D eigenvalue weighted by Gasteiger charge is -2.07. The number of fused-ring (bicyclic) bond motifs is 1. The average Bonchev–Trinajstić information content (AvgIpc) is 3.13. The monoisotopic (exact) mass is 409 g/mol. The summed E-state index contributed by atoms with van der Waals surface area (Å²) in [6.45, 7) is 0. The summed E-state index contributed by atoms with van der Waals surface area (Å²) in [6, 6.07) is 20.7. The van der Waals surface area contributed by atoms with Crippen LogP contribution >= 0.6 is 22.9 Å². The summed E-state index contributed by atoms with van der Waals surface area (Å²) in [7, 11) is 1.65. The molecule has 0 radical (unpaired) electrons. The molecule has 0 aliphatic heterocycles. The van der Waals surface area contributed by atoms with E-state index in [9.17, 15) is 0 Å². The largest absolute Gasteiger partial charge is 0.497 e. The topological polar surface area (TPSA) is 55.7 Å². The van der Waals surface area contributed by atoms with E-state index in [-0.39, 0.29) is 0 Å². The highest BCUT2D eigenvalue weighted by molar-refractivity contribution is 7.22. The highest BCUT2D eigenvalue weighted by atomic mass is 35.5. The van der Waals surface area contributed by atoms with Crippen molar-refractivity contribution in [3.05, 3.63) is 77.3 Å². The second-order valence-electron chi connectivity index (χ2n) is 5.82. The molecule has 140 valence electrons. The number of benzene rings is 3. The molecule has 4 rings (SSSR count). The number of hydrazone groups is 1. The van der Waals surface area contributed by atoms with E-state index in [1.165, 1.54) is 11.3 Å². The van der Waals surface area contributed by atoms with Gasteiger partial charge in [-0.05, 0) is 60.2 Å². The number of para-hydroxylation sites is 1. The van der Waals surface area contributed by atoms with Gasteiger partial charge in [-0.25, -0.2) is 4.98 Å². The first-order chi connectivity index (χ1) is 13.7. The van der Waals surface area contributed by atoms with Crippen LogP contribution in [-0.4, -0.2) is 18.3 Å². The summed E-state index contributed by atoms with van der Waals surface area (Å²) in [5.74, 6) is 2.14. The van der Waals surface area contributed by atoms with Crippen LogP contribution in [0.4, 0.5) is 5.13 Å². The quantitative estimate of drug-likeness (QED) is 0.304. The second kappa shape index (κ2) is 8.29. The Hall–Kier alpha value is -3.09. The number of ether oxygens (including phenoxy) is 2. The number of aromatic nitrogens is 1. The van der Waals surface area contributed by atoms with E-state index < -0.39 is 0 Å². The third-order valence-corrected chi connectivity index (χ3v) is 5.15. The molecule has 0 unspecified atom stereocenters. The minimum atomic E-state index is 0.575. The molecular formula is C21H16ClN3O2S. The fourth-order valence-corrected chi connectivity index (χ4v) is 3.54. The van der Waals surface area contributed by atoms with Crippen LogP contribution in [0.25, 0.3) is 10.2 Å². The maximum atomic E-state index is 6.11. The van der Waals surface area contributed by atoms with E-state index in [1.54, 1.807) is 19.4 Å². The molecule has 5 nitrogen and oxygen atoms in total. The molecule has 0 aliphatic rings. The number of anilines is 1. The Kier molecular flexibility index (Phi) is 5.41. The molecule has 0 saturated heterocycles. The molecule has 0 atom stereocenters. The molecule has 28 heavy (non-hydrogen) atoms. The lowest BCUT2D eigenvalue weighted by atomic mass is 10.2. The van der Waals surface area contributed by atoms with Gasteiger partial charge in [-0.15, -0.1) is 0 Å². The molecule has 1 heterocycles. The SMILES string of the molecule is COc1ccc2nc(N/N=C\c3ccc(Oc4ccccc4Cl)cc3)sc2c1. The molecule has 0 bridgehead atoms. The zero-order valence-electron chi connectivity index (χ0n) is 14.9. The van der Waals surface area contributed by atoms with Gasteiger partial charge in [0.15, 0.2) is 0 Å². The predicted molar refractivity (Wildman–Crippen MR) is 115 cm³/mol. The van der Waals surface area contributed by atoms with Gasteiger partial charge in [0.1, 0.15) is 17.2 Å². The van der Waals surface area contributed by atoms with Crippen molar-refractivity contribution in [3.63, 3.8) is 0 Å². The Morgan fingerprint density at radius 1 is 1.04 bits per heavy atom. The van der Waals surface area contributed by atoms with E-state index in [1.807, 2.05) is 60.7 Å². The van der Waals surface area contributed by atoms with E-state index in [0.717, 1.165) is 26.7 Å².